The minimum Gasteiger partial charge on any atom is -0.343 e. The molecule has 1 fully saturated rings. The molecule has 0 spiro atoms. The highest BCUT2D eigenvalue weighted by Crippen LogP contribution is 2.38. The Bertz CT molecular complexity index is 933. The van der Waals surface area contributed by atoms with Crippen molar-refractivity contribution in [3.8, 4) is 0 Å². The fourth-order valence-corrected chi connectivity index (χ4v) is 3.61. The van der Waals surface area contributed by atoms with Crippen molar-refractivity contribution in [3.05, 3.63) is 71.9 Å². The molecule has 5 nitrogen and oxygen atoms in total. The van der Waals surface area contributed by atoms with Gasteiger partial charge in [-0.25, -0.2) is 9.38 Å². The van der Waals surface area contributed by atoms with Gasteiger partial charge in [0.1, 0.15) is 11.7 Å². The Hall–Kier alpha value is -2.94. The van der Waals surface area contributed by atoms with E-state index >= 15 is 0 Å². The number of carbonyl (C=O) groups excluding carboxylic acids is 1. The third-order valence-electron chi connectivity index (χ3n) is 5.67. The van der Waals surface area contributed by atoms with Crippen LogP contribution in [0.15, 0.2) is 76.9 Å². The predicted octanol–water partition coefficient (Wildman–Crippen LogP) is 5.19. The quantitative estimate of drug-likeness (QED) is 0.171. The van der Waals surface area contributed by atoms with Gasteiger partial charge in [-0.15, -0.1) is 0 Å². The number of aliphatic imine (C=N–C) groups is 1. The van der Waals surface area contributed by atoms with Crippen LogP contribution in [-0.4, -0.2) is 60.4 Å². The molecule has 1 N–H and O–H groups in total. The Labute approximate surface area is 198 Å². The van der Waals surface area contributed by atoms with Gasteiger partial charge in [0.05, 0.1) is 12.1 Å². The van der Waals surface area contributed by atoms with E-state index in [0.29, 0.717) is 38.6 Å². The molecule has 186 valence electrons. The number of hydrogen-bond donors (Lipinski definition) is 1. The molecule has 0 saturated carbocycles. The summed E-state index contributed by atoms with van der Waals surface area (Å²) in [6.07, 6.45) is 3.07. The van der Waals surface area contributed by atoms with E-state index in [1.165, 1.54) is 6.08 Å². The van der Waals surface area contributed by atoms with Gasteiger partial charge in [-0.2, -0.15) is 13.2 Å². The monoisotopic (exact) mass is 480 g/mol. The van der Waals surface area contributed by atoms with Gasteiger partial charge in [-0.3, -0.25) is 9.69 Å². The number of rotatable bonds is 8. The minimum atomic E-state index is -4.77. The van der Waals surface area contributed by atoms with Crippen LogP contribution < -0.4 is 5.32 Å². The highest BCUT2D eigenvalue weighted by molar-refractivity contribution is 5.88. The highest BCUT2D eigenvalue weighted by atomic mass is 19.4. The number of nitrogens with zero attached hydrogens (tertiary/aromatic N) is 3. The standard InChI is InChI=1S/C25H32F4N4O/c1-5-18(4)10-11-30-22(17-32-12-14-33(15-13-32)23(34)7-3)31-20-9-8-19(6-2)24(21(26)16-20)25(27,28)29/h7,9-11,16H,3-6,8,12-15,17H2,1-2H3,(H,30,31)/b11-10-. The lowest BCUT2D eigenvalue weighted by Gasteiger charge is -2.34. The van der Waals surface area contributed by atoms with Crippen molar-refractivity contribution < 1.29 is 22.4 Å². The Balaban J connectivity index is 2.22. The van der Waals surface area contributed by atoms with Gasteiger partial charge >= 0.3 is 6.18 Å². The number of alkyl halides is 3. The molecule has 0 aromatic heterocycles. The molecular formula is C25H32F4N4O. The van der Waals surface area contributed by atoms with Crippen LogP contribution in [0.5, 0.6) is 0 Å². The molecule has 2 rings (SSSR count). The molecule has 2 aliphatic rings. The van der Waals surface area contributed by atoms with Crippen molar-refractivity contribution in [2.75, 3.05) is 32.7 Å². The molecule has 0 aromatic rings. The summed E-state index contributed by atoms with van der Waals surface area (Å²) >= 11 is 0. The van der Waals surface area contributed by atoms with E-state index < -0.39 is 17.6 Å². The number of nitrogens with one attached hydrogen (secondary N) is 1. The van der Waals surface area contributed by atoms with Crippen molar-refractivity contribution in [1.29, 1.82) is 0 Å². The Morgan fingerprint density at radius 1 is 1.24 bits per heavy atom. The molecule has 1 aliphatic heterocycles. The molecule has 9 heteroatoms. The van der Waals surface area contributed by atoms with Gasteiger partial charge in [-0.1, -0.05) is 44.2 Å². The zero-order chi connectivity index (χ0) is 25.3. The van der Waals surface area contributed by atoms with Crippen LogP contribution in [0.25, 0.3) is 0 Å². The molecule has 0 bridgehead atoms. The number of allylic oxidation sites excluding steroid dienone is 7. The number of amidine groups is 1. The van der Waals surface area contributed by atoms with Crippen molar-refractivity contribution in [2.24, 2.45) is 4.99 Å². The Kier molecular flexibility index (Phi) is 10.0. The molecule has 0 aromatic carbocycles. The lowest BCUT2D eigenvalue weighted by atomic mass is 10.0. The maximum atomic E-state index is 14.6. The molecule has 34 heavy (non-hydrogen) atoms. The van der Waals surface area contributed by atoms with Crippen LogP contribution in [0.2, 0.25) is 0 Å². The maximum Gasteiger partial charge on any atom is 0.419 e. The normalized spacial score (nSPS) is 18.5. The first-order valence-electron chi connectivity index (χ1n) is 11.3. The van der Waals surface area contributed by atoms with Crippen LogP contribution in [0.1, 0.15) is 33.1 Å². The highest BCUT2D eigenvalue weighted by Gasteiger charge is 2.39. The second-order valence-corrected chi connectivity index (χ2v) is 8.02. The molecule has 1 saturated heterocycles. The average molecular weight is 481 g/mol. The summed E-state index contributed by atoms with van der Waals surface area (Å²) in [5.74, 6) is -0.990. The fraction of sp³-hybridized carbons (Fsp3) is 0.440. The topological polar surface area (TPSA) is 47.9 Å². The first-order chi connectivity index (χ1) is 16.1. The van der Waals surface area contributed by atoms with E-state index in [1.54, 1.807) is 30.2 Å². The second-order valence-electron chi connectivity index (χ2n) is 8.02. The van der Waals surface area contributed by atoms with Crippen LogP contribution >= 0.6 is 0 Å². The number of amides is 1. The van der Waals surface area contributed by atoms with Gasteiger partial charge in [-0.05, 0) is 37.5 Å². The number of halogens is 4. The summed E-state index contributed by atoms with van der Waals surface area (Å²) in [6, 6.07) is 0. The maximum absolute atomic E-state index is 14.6. The van der Waals surface area contributed by atoms with Crippen LogP contribution in [0.4, 0.5) is 17.6 Å². The molecule has 0 radical (unpaired) electrons. The molecule has 1 amide bonds. The van der Waals surface area contributed by atoms with Crippen LogP contribution in [0.3, 0.4) is 0 Å². The summed E-state index contributed by atoms with van der Waals surface area (Å²) in [6.45, 7) is 13.5. The van der Waals surface area contributed by atoms with Crippen molar-refractivity contribution in [2.45, 2.75) is 39.3 Å². The molecule has 0 atom stereocenters. The molecule has 1 aliphatic carbocycles. The lowest BCUT2D eigenvalue weighted by Crippen LogP contribution is -2.50. The van der Waals surface area contributed by atoms with Crippen molar-refractivity contribution in [1.82, 2.24) is 15.1 Å². The SMILES string of the molecule is C=CC(=O)N1CCN(CC(=N/C=C\C(=C)CC)NC2=CCC(CC)=C(C(F)(F)F)C(F)=C2)CC1. The van der Waals surface area contributed by atoms with E-state index in [9.17, 15) is 22.4 Å². The second kappa shape index (κ2) is 12.5. The predicted molar refractivity (Wildman–Crippen MR) is 128 cm³/mol. The van der Waals surface area contributed by atoms with Crippen LogP contribution in [-0.2, 0) is 4.79 Å². The zero-order valence-corrected chi connectivity index (χ0v) is 19.7. The summed E-state index contributed by atoms with van der Waals surface area (Å²) in [5.41, 5.74) is -0.127. The largest absolute Gasteiger partial charge is 0.419 e. The lowest BCUT2D eigenvalue weighted by molar-refractivity contribution is -0.127. The molecule has 0 unspecified atom stereocenters. The van der Waals surface area contributed by atoms with Crippen molar-refractivity contribution >= 4 is 11.7 Å². The first-order valence-corrected chi connectivity index (χ1v) is 11.3. The number of piperazine rings is 1. The van der Waals surface area contributed by atoms with Gasteiger partial charge in [0.25, 0.3) is 0 Å². The molecule has 1 heterocycles. The Morgan fingerprint density at radius 3 is 2.47 bits per heavy atom. The van der Waals surface area contributed by atoms with Gasteiger partial charge < -0.3 is 10.2 Å². The number of carbonyl (C=O) groups is 1. The minimum absolute atomic E-state index is 0.00122. The van der Waals surface area contributed by atoms with Gasteiger partial charge in [0.15, 0.2) is 0 Å². The first kappa shape index (κ1) is 27.3. The molecular weight excluding hydrogens is 448 g/mol. The van der Waals surface area contributed by atoms with E-state index in [-0.39, 0.29) is 30.0 Å². The van der Waals surface area contributed by atoms with Gasteiger partial charge in [0.2, 0.25) is 5.91 Å². The summed E-state index contributed by atoms with van der Waals surface area (Å²) < 4.78 is 54.9. The van der Waals surface area contributed by atoms with E-state index in [2.05, 4.69) is 28.4 Å². The summed E-state index contributed by atoms with van der Waals surface area (Å²) in [7, 11) is 0. The van der Waals surface area contributed by atoms with E-state index in [4.69, 9.17) is 0 Å². The smallest absolute Gasteiger partial charge is 0.343 e. The third kappa shape index (κ3) is 7.83. The van der Waals surface area contributed by atoms with Gasteiger partial charge in [0, 0.05) is 38.1 Å². The summed E-state index contributed by atoms with van der Waals surface area (Å²) in [4.78, 5) is 20.0. The summed E-state index contributed by atoms with van der Waals surface area (Å²) in [5, 5.41) is 3.01. The number of hydrogen-bond acceptors (Lipinski definition) is 3. The average Bonchev–Trinajstić information content (AvgIpc) is 2.96. The third-order valence-corrected chi connectivity index (χ3v) is 5.67. The van der Waals surface area contributed by atoms with E-state index in [1.807, 2.05) is 6.92 Å². The van der Waals surface area contributed by atoms with Crippen LogP contribution in [0, 0.1) is 0 Å². The fourth-order valence-electron chi connectivity index (χ4n) is 3.61. The zero-order valence-electron chi connectivity index (χ0n) is 19.7. The Morgan fingerprint density at radius 2 is 1.91 bits per heavy atom. The van der Waals surface area contributed by atoms with E-state index in [0.717, 1.165) is 18.1 Å². The van der Waals surface area contributed by atoms with Crippen molar-refractivity contribution in [3.63, 3.8) is 0 Å².